The van der Waals surface area contributed by atoms with Crippen LogP contribution >= 0.6 is 11.3 Å². The van der Waals surface area contributed by atoms with Crippen molar-refractivity contribution in [2.75, 3.05) is 6.79 Å². The van der Waals surface area contributed by atoms with E-state index in [0.717, 1.165) is 35.5 Å². The van der Waals surface area contributed by atoms with Crippen molar-refractivity contribution in [3.63, 3.8) is 0 Å². The number of carbonyl (C=O) groups excluding carboxylic acids is 1. The summed E-state index contributed by atoms with van der Waals surface area (Å²) in [7, 11) is 0. The Morgan fingerprint density at radius 1 is 0.879 bits per heavy atom. The van der Waals surface area contributed by atoms with Crippen molar-refractivity contribution in [3.05, 3.63) is 95.6 Å². The number of thiophene rings is 1. The van der Waals surface area contributed by atoms with Gasteiger partial charge in [-0.2, -0.15) is 0 Å². The number of hydrogen-bond acceptors (Lipinski definition) is 4. The first-order valence-electron chi connectivity index (χ1n) is 11.3. The lowest BCUT2D eigenvalue weighted by atomic mass is 9.87. The van der Waals surface area contributed by atoms with Crippen molar-refractivity contribution >= 4 is 17.1 Å². The first-order valence-corrected chi connectivity index (χ1v) is 12.1. The Morgan fingerprint density at radius 2 is 1.67 bits per heavy atom. The molecule has 0 spiro atoms. The summed E-state index contributed by atoms with van der Waals surface area (Å²) in [5.41, 5.74) is 5.41. The van der Waals surface area contributed by atoms with E-state index in [1.165, 1.54) is 26.4 Å². The Morgan fingerprint density at radius 3 is 2.48 bits per heavy atom. The quantitative estimate of drug-likeness (QED) is 0.317. The van der Waals surface area contributed by atoms with Crippen molar-refractivity contribution < 1.29 is 14.3 Å². The van der Waals surface area contributed by atoms with E-state index < -0.39 is 0 Å². The number of ether oxygens (including phenoxy) is 2. The Balaban J connectivity index is 1.26. The molecule has 0 atom stereocenters. The molecule has 0 unspecified atom stereocenters. The monoisotopic (exact) mass is 452 g/mol. The molecule has 2 aliphatic rings. The minimum atomic E-state index is -0.380. The smallest absolute Gasteiger partial charge is 0.231 e. The van der Waals surface area contributed by atoms with Crippen LogP contribution in [-0.2, 0) is 16.6 Å². The van der Waals surface area contributed by atoms with Gasteiger partial charge >= 0.3 is 0 Å². The van der Waals surface area contributed by atoms with Crippen molar-refractivity contribution in [2.24, 2.45) is 0 Å². The highest BCUT2D eigenvalue weighted by Gasteiger charge is 2.50. The summed E-state index contributed by atoms with van der Waals surface area (Å²) in [6, 6.07) is 27.2. The predicted molar refractivity (Wildman–Crippen MR) is 132 cm³/mol. The minimum absolute atomic E-state index is 0.251. The topological polar surface area (TPSA) is 35.5 Å². The van der Waals surface area contributed by atoms with Gasteiger partial charge in [0.15, 0.2) is 11.5 Å². The summed E-state index contributed by atoms with van der Waals surface area (Å²) in [6.07, 6.45) is 2.24. The van der Waals surface area contributed by atoms with Gasteiger partial charge in [-0.3, -0.25) is 4.79 Å². The second kappa shape index (κ2) is 7.89. The third kappa shape index (κ3) is 3.65. The van der Waals surface area contributed by atoms with E-state index in [1.54, 1.807) is 11.3 Å². The molecule has 1 aliphatic heterocycles. The zero-order chi connectivity index (χ0) is 22.4. The lowest BCUT2D eigenvalue weighted by Crippen LogP contribution is -2.22. The minimum Gasteiger partial charge on any atom is -0.454 e. The molecule has 3 nitrogen and oxygen atoms in total. The molecule has 1 saturated carbocycles. The van der Waals surface area contributed by atoms with Gasteiger partial charge in [-0.25, -0.2) is 0 Å². The van der Waals surface area contributed by atoms with Crippen LogP contribution in [0, 0.1) is 6.92 Å². The van der Waals surface area contributed by atoms with Crippen LogP contribution in [0.1, 0.15) is 29.5 Å². The van der Waals surface area contributed by atoms with E-state index >= 15 is 0 Å². The molecule has 1 aromatic heterocycles. The summed E-state index contributed by atoms with van der Waals surface area (Å²) in [6.45, 7) is 2.39. The highest BCUT2D eigenvalue weighted by Crippen LogP contribution is 2.51. The van der Waals surface area contributed by atoms with Gasteiger partial charge in [0.05, 0.1) is 5.41 Å². The second-order valence-electron chi connectivity index (χ2n) is 8.93. The average Bonchev–Trinajstić information content (AvgIpc) is 3.28. The fourth-order valence-corrected chi connectivity index (χ4v) is 5.78. The van der Waals surface area contributed by atoms with Gasteiger partial charge in [0.25, 0.3) is 0 Å². The van der Waals surface area contributed by atoms with Crippen LogP contribution in [-0.4, -0.2) is 12.6 Å². The van der Waals surface area contributed by atoms with E-state index in [2.05, 4.69) is 61.5 Å². The normalized spacial score (nSPS) is 15.4. The number of hydrogen-bond donors (Lipinski definition) is 0. The summed E-state index contributed by atoms with van der Waals surface area (Å²) >= 11 is 1.80. The summed E-state index contributed by atoms with van der Waals surface area (Å²) in [5, 5.41) is 0. The van der Waals surface area contributed by atoms with E-state index in [-0.39, 0.29) is 18.0 Å². The number of rotatable bonds is 6. The molecule has 0 radical (unpaired) electrons. The Labute approximate surface area is 197 Å². The molecule has 0 bridgehead atoms. The van der Waals surface area contributed by atoms with Crippen molar-refractivity contribution in [1.29, 1.82) is 0 Å². The van der Waals surface area contributed by atoms with Gasteiger partial charge in [-0.05, 0) is 77.9 Å². The summed E-state index contributed by atoms with van der Waals surface area (Å²) in [5.74, 6) is 1.79. The van der Waals surface area contributed by atoms with E-state index in [9.17, 15) is 4.79 Å². The summed E-state index contributed by atoms with van der Waals surface area (Å²) in [4.78, 5) is 15.9. The van der Waals surface area contributed by atoms with Crippen LogP contribution in [0.25, 0.3) is 20.9 Å². The van der Waals surface area contributed by atoms with Crippen molar-refractivity contribution in [2.45, 2.75) is 31.6 Å². The highest BCUT2D eigenvalue weighted by molar-refractivity contribution is 7.18. The van der Waals surface area contributed by atoms with E-state index in [4.69, 9.17) is 9.47 Å². The SMILES string of the molecule is Cc1ccc(CC(=O)C2(c3ccc4c(c3)OCO4)CC2)cc1-c1ccc(-c2ccccc2)s1. The fraction of sp³-hybridized carbons (Fsp3) is 0.207. The largest absolute Gasteiger partial charge is 0.454 e. The lowest BCUT2D eigenvalue weighted by molar-refractivity contribution is -0.120. The fourth-order valence-electron chi connectivity index (χ4n) is 4.69. The molecule has 0 N–H and O–H groups in total. The second-order valence-corrected chi connectivity index (χ2v) is 10.0. The molecule has 0 amide bonds. The maximum Gasteiger partial charge on any atom is 0.231 e. The molecule has 33 heavy (non-hydrogen) atoms. The molecule has 0 saturated heterocycles. The number of benzene rings is 3. The molecular weight excluding hydrogens is 428 g/mol. The first kappa shape index (κ1) is 20.3. The van der Waals surface area contributed by atoms with Crippen LogP contribution in [0.3, 0.4) is 0 Å². The van der Waals surface area contributed by atoms with E-state index in [1.807, 2.05) is 24.3 Å². The number of ketones is 1. The Bertz CT molecular complexity index is 1350. The molecular formula is C29H24O3S. The first-order chi connectivity index (χ1) is 16.1. The number of Topliss-reactive ketones (excluding diaryl/α,β-unsaturated/α-hetero) is 1. The number of fused-ring (bicyclic) bond motifs is 1. The molecule has 2 heterocycles. The standard InChI is InChI=1S/C29H24O3S/c1-19-7-8-20(15-23(19)27-12-11-26(33-27)21-5-3-2-4-6-21)16-28(30)29(13-14-29)22-9-10-24-25(17-22)32-18-31-24/h2-12,15,17H,13-14,16,18H2,1H3. The molecule has 6 rings (SSSR count). The number of carbonyl (C=O) groups is 1. The zero-order valence-electron chi connectivity index (χ0n) is 18.5. The highest BCUT2D eigenvalue weighted by atomic mass is 32.1. The lowest BCUT2D eigenvalue weighted by Gasteiger charge is -2.16. The molecule has 4 heteroatoms. The van der Waals surface area contributed by atoms with Crippen LogP contribution in [0.15, 0.2) is 78.9 Å². The van der Waals surface area contributed by atoms with Gasteiger partial charge in [-0.15, -0.1) is 11.3 Å². The molecule has 4 aromatic rings. The van der Waals surface area contributed by atoms with Gasteiger partial charge in [-0.1, -0.05) is 48.5 Å². The predicted octanol–water partition coefficient (Wildman–Crippen LogP) is 6.96. The van der Waals surface area contributed by atoms with Crippen LogP contribution in [0.5, 0.6) is 11.5 Å². The average molecular weight is 453 g/mol. The molecule has 3 aromatic carbocycles. The van der Waals surface area contributed by atoms with Crippen LogP contribution < -0.4 is 9.47 Å². The maximum atomic E-state index is 13.4. The summed E-state index contributed by atoms with van der Waals surface area (Å²) < 4.78 is 11.0. The third-order valence-electron chi connectivity index (χ3n) is 6.81. The maximum absolute atomic E-state index is 13.4. The van der Waals surface area contributed by atoms with Gasteiger partial charge in [0.2, 0.25) is 6.79 Å². The van der Waals surface area contributed by atoms with Gasteiger partial charge in [0.1, 0.15) is 5.78 Å². The molecule has 1 aliphatic carbocycles. The van der Waals surface area contributed by atoms with Gasteiger partial charge in [0, 0.05) is 16.2 Å². The molecule has 1 fully saturated rings. The Hall–Kier alpha value is -3.37. The molecule has 164 valence electrons. The van der Waals surface area contributed by atoms with Crippen molar-refractivity contribution in [1.82, 2.24) is 0 Å². The van der Waals surface area contributed by atoms with Crippen molar-refractivity contribution in [3.8, 4) is 32.4 Å². The van der Waals surface area contributed by atoms with Crippen LogP contribution in [0.2, 0.25) is 0 Å². The zero-order valence-corrected chi connectivity index (χ0v) is 19.3. The van der Waals surface area contributed by atoms with Gasteiger partial charge < -0.3 is 9.47 Å². The van der Waals surface area contributed by atoms with E-state index in [0.29, 0.717) is 6.42 Å². The number of aryl methyl sites for hydroxylation is 1. The third-order valence-corrected chi connectivity index (χ3v) is 7.97. The Kier molecular flexibility index (Phi) is 4.84. The van der Waals surface area contributed by atoms with Crippen LogP contribution in [0.4, 0.5) is 0 Å².